The summed E-state index contributed by atoms with van der Waals surface area (Å²) >= 11 is 4.78. The van der Waals surface area contributed by atoms with Gasteiger partial charge in [-0.05, 0) is 12.5 Å². The molecule has 1 amide bonds. The van der Waals surface area contributed by atoms with Crippen molar-refractivity contribution in [2.24, 2.45) is 5.73 Å². The Morgan fingerprint density at radius 1 is 1.35 bits per heavy atom. The number of carbonyl (C=O) groups excluding carboxylic acids is 1. The van der Waals surface area contributed by atoms with Gasteiger partial charge in [0.15, 0.2) is 0 Å². The highest BCUT2D eigenvalue weighted by Crippen LogP contribution is 2.11. The molecule has 0 aromatic heterocycles. The van der Waals surface area contributed by atoms with E-state index in [0.29, 0.717) is 17.5 Å². The van der Waals surface area contributed by atoms with Gasteiger partial charge in [-0.3, -0.25) is 4.79 Å². The normalized spacial score (nSPS) is 10.3. The molecule has 0 atom stereocenters. The Labute approximate surface area is 124 Å². The smallest absolute Gasteiger partial charge is 0.220 e. The molecule has 5 heteroatoms. The molecule has 110 valence electrons. The Morgan fingerprint density at radius 2 is 2.10 bits per heavy atom. The number of thiocarbonyl (C=S) groups is 1. The molecule has 20 heavy (non-hydrogen) atoms. The molecule has 1 aromatic carbocycles. The Kier molecular flexibility index (Phi) is 7.15. The minimum absolute atomic E-state index is 0.0427. The average Bonchev–Trinajstić information content (AvgIpc) is 2.42. The molecule has 0 radical (unpaired) electrons. The maximum absolute atomic E-state index is 13.7. The van der Waals surface area contributed by atoms with E-state index < -0.39 is 5.82 Å². The molecule has 0 aliphatic rings. The topological polar surface area (TPSA) is 55.1 Å². The van der Waals surface area contributed by atoms with E-state index >= 15 is 0 Å². The SMILES string of the molecule is CCCCCCC(=O)NCc1ccc(C(N)=S)cc1F. The fourth-order valence-electron chi connectivity index (χ4n) is 1.84. The Hall–Kier alpha value is -1.49. The summed E-state index contributed by atoms with van der Waals surface area (Å²) < 4.78 is 13.7. The van der Waals surface area contributed by atoms with E-state index in [2.05, 4.69) is 12.2 Å². The summed E-state index contributed by atoms with van der Waals surface area (Å²) in [4.78, 5) is 11.8. The number of carbonyl (C=O) groups is 1. The number of unbranched alkanes of at least 4 members (excludes halogenated alkanes) is 3. The highest BCUT2D eigenvalue weighted by molar-refractivity contribution is 7.80. The lowest BCUT2D eigenvalue weighted by Crippen LogP contribution is -2.23. The summed E-state index contributed by atoms with van der Waals surface area (Å²) in [7, 11) is 0. The minimum Gasteiger partial charge on any atom is -0.389 e. The van der Waals surface area contributed by atoms with E-state index in [1.165, 1.54) is 6.07 Å². The highest BCUT2D eigenvalue weighted by Gasteiger charge is 2.07. The van der Waals surface area contributed by atoms with Crippen LogP contribution in [0.25, 0.3) is 0 Å². The zero-order valence-electron chi connectivity index (χ0n) is 11.7. The first-order valence-corrected chi connectivity index (χ1v) is 7.30. The largest absolute Gasteiger partial charge is 0.389 e. The van der Waals surface area contributed by atoms with Crippen molar-refractivity contribution in [1.82, 2.24) is 5.32 Å². The fraction of sp³-hybridized carbons (Fsp3) is 0.467. The maximum atomic E-state index is 13.7. The second-order valence-corrected chi connectivity index (χ2v) is 5.20. The minimum atomic E-state index is -0.401. The van der Waals surface area contributed by atoms with Crippen LogP contribution >= 0.6 is 12.2 Å². The van der Waals surface area contributed by atoms with Crippen molar-refractivity contribution in [2.45, 2.75) is 45.6 Å². The molecule has 0 fully saturated rings. The number of rotatable bonds is 8. The quantitative estimate of drug-likeness (QED) is 0.572. The van der Waals surface area contributed by atoms with Gasteiger partial charge >= 0.3 is 0 Å². The van der Waals surface area contributed by atoms with Crippen molar-refractivity contribution in [3.05, 3.63) is 35.1 Å². The van der Waals surface area contributed by atoms with Crippen molar-refractivity contribution in [1.29, 1.82) is 0 Å². The molecule has 0 unspecified atom stereocenters. The number of hydrogen-bond acceptors (Lipinski definition) is 2. The second kappa shape index (κ2) is 8.64. The molecule has 0 saturated heterocycles. The van der Waals surface area contributed by atoms with Crippen molar-refractivity contribution in [2.75, 3.05) is 0 Å². The van der Waals surface area contributed by atoms with Crippen LogP contribution in [0.4, 0.5) is 4.39 Å². The van der Waals surface area contributed by atoms with Crippen LogP contribution in [-0.4, -0.2) is 10.9 Å². The van der Waals surface area contributed by atoms with Crippen molar-refractivity contribution >= 4 is 23.1 Å². The summed E-state index contributed by atoms with van der Waals surface area (Å²) in [6.07, 6.45) is 4.71. The molecule has 3 N–H and O–H groups in total. The van der Waals surface area contributed by atoms with E-state index in [4.69, 9.17) is 18.0 Å². The molecule has 3 nitrogen and oxygen atoms in total. The lowest BCUT2D eigenvalue weighted by molar-refractivity contribution is -0.121. The van der Waals surface area contributed by atoms with Gasteiger partial charge in [-0.15, -0.1) is 0 Å². The lowest BCUT2D eigenvalue weighted by Gasteiger charge is -2.07. The number of nitrogens with one attached hydrogen (secondary N) is 1. The number of hydrogen-bond donors (Lipinski definition) is 2. The number of nitrogens with two attached hydrogens (primary N) is 1. The van der Waals surface area contributed by atoms with Gasteiger partial charge in [-0.2, -0.15) is 0 Å². The van der Waals surface area contributed by atoms with Crippen LogP contribution in [0.15, 0.2) is 18.2 Å². The summed E-state index contributed by atoms with van der Waals surface area (Å²) in [5.74, 6) is -0.444. The molecule has 1 aromatic rings. The molecule has 0 saturated carbocycles. The van der Waals surface area contributed by atoms with Gasteiger partial charge in [0.05, 0.1) is 0 Å². The summed E-state index contributed by atoms with van der Waals surface area (Å²) in [5.41, 5.74) is 6.36. The van der Waals surface area contributed by atoms with E-state index in [1.54, 1.807) is 12.1 Å². The third-order valence-corrected chi connectivity index (χ3v) is 3.31. The first-order valence-electron chi connectivity index (χ1n) is 6.89. The molecule has 0 bridgehead atoms. The average molecular weight is 296 g/mol. The zero-order valence-corrected chi connectivity index (χ0v) is 12.6. The predicted octanol–water partition coefficient (Wildman–Crippen LogP) is 3.05. The standard InChI is InChI=1S/C15H21FN2OS/c1-2-3-4-5-6-14(19)18-10-12-8-7-11(15(17)20)9-13(12)16/h7-9H,2-6,10H2,1H3,(H2,17,20)(H,18,19). The van der Waals surface area contributed by atoms with Crippen molar-refractivity contribution in [3.63, 3.8) is 0 Å². The van der Waals surface area contributed by atoms with Gasteiger partial charge < -0.3 is 11.1 Å². The van der Waals surface area contributed by atoms with Crippen LogP contribution in [0.3, 0.4) is 0 Å². The highest BCUT2D eigenvalue weighted by atomic mass is 32.1. The van der Waals surface area contributed by atoms with Crippen LogP contribution in [0.1, 0.15) is 50.2 Å². The van der Waals surface area contributed by atoms with E-state index in [9.17, 15) is 9.18 Å². The summed E-state index contributed by atoms with van der Waals surface area (Å²) in [6.45, 7) is 2.32. The van der Waals surface area contributed by atoms with Gasteiger partial charge in [-0.1, -0.05) is 50.5 Å². The van der Waals surface area contributed by atoms with Crippen molar-refractivity contribution < 1.29 is 9.18 Å². The molecule has 0 aliphatic carbocycles. The monoisotopic (exact) mass is 296 g/mol. The number of halogens is 1. The van der Waals surface area contributed by atoms with Gasteiger partial charge in [0.1, 0.15) is 10.8 Å². The van der Waals surface area contributed by atoms with Crippen LogP contribution in [0.5, 0.6) is 0 Å². The van der Waals surface area contributed by atoms with Crippen LogP contribution in [-0.2, 0) is 11.3 Å². The summed E-state index contributed by atoms with van der Waals surface area (Å²) in [5, 5.41) is 2.72. The summed E-state index contributed by atoms with van der Waals surface area (Å²) in [6, 6.07) is 4.56. The van der Waals surface area contributed by atoms with E-state index in [-0.39, 0.29) is 17.4 Å². The molecule has 0 spiro atoms. The predicted molar refractivity (Wildman–Crippen MR) is 82.9 cm³/mol. The van der Waals surface area contributed by atoms with Gasteiger partial charge in [-0.25, -0.2) is 4.39 Å². The van der Waals surface area contributed by atoms with Crippen LogP contribution < -0.4 is 11.1 Å². The van der Waals surface area contributed by atoms with Gasteiger partial charge in [0, 0.05) is 24.1 Å². The third-order valence-electron chi connectivity index (χ3n) is 3.07. The van der Waals surface area contributed by atoms with Gasteiger partial charge in [0.25, 0.3) is 0 Å². The third kappa shape index (κ3) is 5.65. The second-order valence-electron chi connectivity index (χ2n) is 4.76. The van der Waals surface area contributed by atoms with Crippen molar-refractivity contribution in [3.8, 4) is 0 Å². The van der Waals surface area contributed by atoms with Crippen LogP contribution in [0, 0.1) is 5.82 Å². The van der Waals surface area contributed by atoms with Crippen LogP contribution in [0.2, 0.25) is 0 Å². The molecular weight excluding hydrogens is 275 g/mol. The fourth-order valence-corrected chi connectivity index (χ4v) is 1.97. The Bertz CT molecular complexity index is 477. The Morgan fingerprint density at radius 3 is 2.70 bits per heavy atom. The lowest BCUT2D eigenvalue weighted by atomic mass is 10.1. The number of amides is 1. The van der Waals surface area contributed by atoms with E-state index in [1.807, 2.05) is 0 Å². The molecule has 0 aliphatic heterocycles. The first kappa shape index (κ1) is 16.6. The number of benzene rings is 1. The molecule has 0 heterocycles. The van der Waals surface area contributed by atoms with Gasteiger partial charge in [0.2, 0.25) is 5.91 Å². The zero-order chi connectivity index (χ0) is 15.0. The molecule has 1 rings (SSSR count). The van der Waals surface area contributed by atoms with E-state index in [0.717, 1.165) is 25.7 Å². The maximum Gasteiger partial charge on any atom is 0.220 e. The first-order chi connectivity index (χ1) is 9.54. The Balaban J connectivity index is 2.41. The molecular formula is C15H21FN2OS.